The van der Waals surface area contributed by atoms with Gasteiger partial charge in [-0.15, -0.1) is 0 Å². The van der Waals surface area contributed by atoms with Crippen molar-refractivity contribution >= 4 is 22.4 Å². The Hall–Kier alpha value is -2.40. The number of nitrogens with zero attached hydrogens (tertiary/aromatic N) is 2. The van der Waals surface area contributed by atoms with Gasteiger partial charge in [0.15, 0.2) is 5.82 Å². The van der Waals surface area contributed by atoms with Crippen molar-refractivity contribution in [2.45, 2.75) is 34.3 Å². The van der Waals surface area contributed by atoms with E-state index < -0.39 is 5.82 Å². The molecule has 3 aromatic rings. The number of hydrogen-bond acceptors (Lipinski definition) is 3. The molecule has 0 aliphatic heterocycles. The van der Waals surface area contributed by atoms with E-state index in [-0.39, 0.29) is 12.3 Å². The van der Waals surface area contributed by atoms with Crippen LogP contribution in [0.1, 0.15) is 30.5 Å². The van der Waals surface area contributed by atoms with Crippen molar-refractivity contribution in [2.24, 2.45) is 7.05 Å². The maximum atomic E-state index is 14.8. The van der Waals surface area contributed by atoms with E-state index in [2.05, 4.69) is 10.3 Å². The highest BCUT2D eigenvalue weighted by atomic mass is 19.1. The first kappa shape index (κ1) is 17.9. The second-order valence-corrected chi connectivity index (χ2v) is 5.55. The highest BCUT2D eigenvalue weighted by Crippen LogP contribution is 2.31. The molecule has 24 heavy (non-hydrogen) atoms. The molecule has 0 saturated carbocycles. The molecule has 1 aromatic heterocycles. The molecule has 3 rings (SSSR count). The Morgan fingerprint density at radius 2 is 1.92 bits per heavy atom. The molecule has 5 heteroatoms. The zero-order chi connectivity index (χ0) is 17.9. The molecule has 0 amide bonds. The first-order valence-corrected chi connectivity index (χ1v) is 8.08. The number of aromatic nitrogens is 2. The van der Waals surface area contributed by atoms with Crippen molar-refractivity contribution in [1.29, 1.82) is 0 Å². The van der Waals surface area contributed by atoms with E-state index in [1.54, 1.807) is 24.0 Å². The van der Waals surface area contributed by atoms with Crippen molar-refractivity contribution in [3.05, 3.63) is 53.1 Å². The SMILES string of the molecule is CC.Cc1ccc(Nc2c(CO)cc3c(ncn3C)c2F)c(C)c1. The number of aliphatic hydroxyl groups excluding tert-OH is 1. The van der Waals surface area contributed by atoms with E-state index in [1.807, 2.05) is 45.9 Å². The predicted octanol–water partition coefficient (Wildman–Crippen LogP) is 4.59. The molecule has 4 nitrogen and oxygen atoms in total. The summed E-state index contributed by atoms with van der Waals surface area (Å²) in [6, 6.07) is 7.66. The maximum absolute atomic E-state index is 14.8. The van der Waals surface area contributed by atoms with Crippen LogP contribution in [0.15, 0.2) is 30.6 Å². The van der Waals surface area contributed by atoms with Gasteiger partial charge in [0.05, 0.1) is 24.1 Å². The average molecular weight is 329 g/mol. The quantitative estimate of drug-likeness (QED) is 0.739. The number of benzene rings is 2. The van der Waals surface area contributed by atoms with Crippen molar-refractivity contribution in [1.82, 2.24) is 9.55 Å². The number of anilines is 2. The fourth-order valence-electron chi connectivity index (χ4n) is 2.62. The van der Waals surface area contributed by atoms with Crippen LogP contribution in [0.5, 0.6) is 0 Å². The van der Waals surface area contributed by atoms with Crippen LogP contribution in [0.4, 0.5) is 15.8 Å². The minimum Gasteiger partial charge on any atom is -0.392 e. The predicted molar refractivity (Wildman–Crippen MR) is 97.1 cm³/mol. The van der Waals surface area contributed by atoms with E-state index in [1.165, 1.54) is 0 Å². The molecule has 2 aromatic carbocycles. The number of aryl methyl sites for hydroxylation is 3. The summed E-state index contributed by atoms with van der Waals surface area (Å²) in [5.74, 6) is -0.442. The van der Waals surface area contributed by atoms with Crippen LogP contribution in [0.3, 0.4) is 0 Å². The summed E-state index contributed by atoms with van der Waals surface area (Å²) in [6.07, 6.45) is 1.57. The molecule has 0 saturated heterocycles. The Bertz CT molecular complexity index is 855. The Morgan fingerprint density at radius 1 is 1.21 bits per heavy atom. The first-order chi connectivity index (χ1) is 11.5. The van der Waals surface area contributed by atoms with Gasteiger partial charge in [0, 0.05) is 18.3 Å². The van der Waals surface area contributed by atoms with Crippen molar-refractivity contribution < 1.29 is 9.50 Å². The number of rotatable bonds is 3. The number of imidazole rings is 1. The van der Waals surface area contributed by atoms with Crippen molar-refractivity contribution in [2.75, 3.05) is 5.32 Å². The molecule has 0 aliphatic rings. The molecule has 0 aliphatic carbocycles. The minimum atomic E-state index is -0.442. The fourth-order valence-corrected chi connectivity index (χ4v) is 2.62. The van der Waals surface area contributed by atoms with Crippen molar-refractivity contribution in [3.8, 4) is 0 Å². The Kier molecular flexibility index (Phi) is 5.57. The summed E-state index contributed by atoms with van der Waals surface area (Å²) < 4.78 is 16.5. The van der Waals surface area contributed by atoms with E-state index in [0.717, 1.165) is 16.8 Å². The van der Waals surface area contributed by atoms with Crippen LogP contribution in [-0.2, 0) is 13.7 Å². The Balaban J connectivity index is 0.00000100. The van der Waals surface area contributed by atoms with E-state index in [0.29, 0.717) is 16.6 Å². The largest absolute Gasteiger partial charge is 0.392 e. The van der Waals surface area contributed by atoms with Crippen LogP contribution in [-0.4, -0.2) is 14.7 Å². The lowest BCUT2D eigenvalue weighted by Gasteiger charge is -2.15. The molecule has 0 unspecified atom stereocenters. The molecule has 2 N–H and O–H groups in total. The summed E-state index contributed by atoms with van der Waals surface area (Å²) in [7, 11) is 1.80. The zero-order valence-corrected chi connectivity index (χ0v) is 14.8. The fraction of sp³-hybridized carbons (Fsp3) is 0.316. The summed E-state index contributed by atoms with van der Waals surface area (Å²) in [6.45, 7) is 7.73. The smallest absolute Gasteiger partial charge is 0.174 e. The van der Waals surface area contributed by atoms with Crippen LogP contribution in [0.2, 0.25) is 0 Å². The van der Waals surface area contributed by atoms with E-state index >= 15 is 0 Å². The van der Waals surface area contributed by atoms with Crippen LogP contribution >= 0.6 is 0 Å². The standard InChI is InChI=1S/C17H18FN3O.C2H6/c1-10-4-5-13(11(2)6-10)20-16-12(8-22)7-14-17(15(16)18)19-9-21(14)3;1-2/h4-7,9,20,22H,8H2,1-3H3;1-2H3. The molecule has 0 fully saturated rings. The Labute approximate surface area is 142 Å². The van der Waals surface area contributed by atoms with Gasteiger partial charge in [-0.05, 0) is 31.5 Å². The maximum Gasteiger partial charge on any atom is 0.174 e. The first-order valence-electron chi connectivity index (χ1n) is 8.08. The highest BCUT2D eigenvalue weighted by molar-refractivity contribution is 5.84. The monoisotopic (exact) mass is 329 g/mol. The number of nitrogens with one attached hydrogen (secondary N) is 1. The van der Waals surface area contributed by atoms with Gasteiger partial charge in [0.2, 0.25) is 0 Å². The number of hydrogen-bond donors (Lipinski definition) is 2. The molecule has 128 valence electrons. The molecule has 0 atom stereocenters. The molecule has 1 heterocycles. The van der Waals surface area contributed by atoms with Gasteiger partial charge in [0.25, 0.3) is 0 Å². The molecular weight excluding hydrogens is 305 g/mol. The van der Waals surface area contributed by atoms with Gasteiger partial charge in [-0.3, -0.25) is 0 Å². The third kappa shape index (κ3) is 3.26. The topological polar surface area (TPSA) is 50.1 Å². The third-order valence-electron chi connectivity index (χ3n) is 3.85. The van der Waals surface area contributed by atoms with Crippen LogP contribution in [0.25, 0.3) is 11.0 Å². The third-order valence-corrected chi connectivity index (χ3v) is 3.85. The van der Waals surface area contributed by atoms with Crippen LogP contribution < -0.4 is 5.32 Å². The summed E-state index contributed by atoms with van der Waals surface area (Å²) in [4.78, 5) is 4.10. The minimum absolute atomic E-state index is 0.245. The van der Waals surface area contributed by atoms with E-state index in [4.69, 9.17) is 0 Å². The molecule has 0 spiro atoms. The second-order valence-electron chi connectivity index (χ2n) is 5.55. The van der Waals surface area contributed by atoms with Gasteiger partial charge in [-0.1, -0.05) is 31.5 Å². The molecule has 0 radical (unpaired) electrons. The number of aliphatic hydroxyl groups is 1. The zero-order valence-electron chi connectivity index (χ0n) is 14.8. The average Bonchev–Trinajstić information content (AvgIpc) is 2.95. The van der Waals surface area contributed by atoms with Crippen molar-refractivity contribution in [3.63, 3.8) is 0 Å². The summed E-state index contributed by atoms with van der Waals surface area (Å²) in [5.41, 5.74) is 4.72. The van der Waals surface area contributed by atoms with Gasteiger partial charge in [-0.25, -0.2) is 9.37 Å². The van der Waals surface area contributed by atoms with E-state index in [9.17, 15) is 9.50 Å². The summed E-state index contributed by atoms with van der Waals surface area (Å²) in [5, 5.41) is 12.7. The van der Waals surface area contributed by atoms with Gasteiger partial charge in [-0.2, -0.15) is 0 Å². The number of fused-ring (bicyclic) bond motifs is 1. The lowest BCUT2D eigenvalue weighted by molar-refractivity contribution is 0.282. The number of halogens is 1. The van der Waals surface area contributed by atoms with Gasteiger partial charge in [0.1, 0.15) is 5.52 Å². The molecule has 0 bridgehead atoms. The van der Waals surface area contributed by atoms with Crippen LogP contribution in [0, 0.1) is 19.7 Å². The molecular formula is C19H24FN3O. The van der Waals surface area contributed by atoms with Gasteiger partial charge < -0.3 is 15.0 Å². The second kappa shape index (κ2) is 7.45. The normalized spacial score (nSPS) is 10.5. The highest BCUT2D eigenvalue weighted by Gasteiger charge is 2.17. The lowest BCUT2D eigenvalue weighted by atomic mass is 10.1. The van der Waals surface area contributed by atoms with Gasteiger partial charge >= 0.3 is 0 Å². The summed E-state index contributed by atoms with van der Waals surface area (Å²) >= 11 is 0. The lowest BCUT2D eigenvalue weighted by Crippen LogP contribution is -2.02. The Morgan fingerprint density at radius 3 is 2.54 bits per heavy atom.